The monoisotopic (exact) mass is 518 g/mol. The van der Waals surface area contributed by atoms with Crippen LogP contribution in [0.5, 0.6) is 11.5 Å². The predicted octanol–water partition coefficient (Wildman–Crippen LogP) is 3.80. The minimum absolute atomic E-state index is 0.0866. The summed E-state index contributed by atoms with van der Waals surface area (Å²) in [5.74, 6) is -0.0617. The van der Waals surface area contributed by atoms with Crippen molar-refractivity contribution >= 4 is 50.5 Å². The summed E-state index contributed by atoms with van der Waals surface area (Å²) in [5.41, 5.74) is 1.26. The number of hydrogen-bond donors (Lipinski definition) is 2. The molecule has 0 aliphatic carbocycles. The van der Waals surface area contributed by atoms with Gasteiger partial charge in [-0.2, -0.15) is 0 Å². The van der Waals surface area contributed by atoms with Crippen LogP contribution in [0.2, 0.25) is 0 Å². The maximum absolute atomic E-state index is 13.4. The molecule has 37 heavy (non-hydrogen) atoms. The first kappa shape index (κ1) is 24.2. The second kappa shape index (κ2) is 9.51. The van der Waals surface area contributed by atoms with E-state index >= 15 is 0 Å². The molecule has 0 radical (unpaired) electrons. The highest BCUT2D eigenvalue weighted by Crippen LogP contribution is 2.31. The normalized spacial score (nSPS) is 13.3. The van der Waals surface area contributed by atoms with Gasteiger partial charge in [0.15, 0.2) is 12.4 Å². The molecule has 1 unspecified atom stereocenters. The molecule has 10 nitrogen and oxygen atoms in total. The van der Waals surface area contributed by atoms with E-state index < -0.39 is 17.5 Å². The first-order valence-corrected chi connectivity index (χ1v) is 12.2. The fourth-order valence-electron chi connectivity index (χ4n) is 4.16. The molecule has 1 atom stereocenters. The smallest absolute Gasteiger partial charge is 0.266 e. The number of nitrogens with one attached hydrogen (secondary N) is 2. The van der Waals surface area contributed by atoms with Crippen LogP contribution >= 0.6 is 11.3 Å². The highest BCUT2D eigenvalue weighted by molar-refractivity contribution is 7.20. The van der Waals surface area contributed by atoms with Gasteiger partial charge in [0.25, 0.3) is 17.4 Å². The zero-order valence-corrected chi connectivity index (χ0v) is 21.0. The Morgan fingerprint density at radius 1 is 1.22 bits per heavy atom. The number of aromatic nitrogens is 2. The molecule has 188 valence electrons. The van der Waals surface area contributed by atoms with E-state index in [0.717, 1.165) is 11.3 Å². The minimum atomic E-state index is -0.882. The fraction of sp³-hybridized carbons (Fsp3) is 0.192. The van der Waals surface area contributed by atoms with Gasteiger partial charge < -0.3 is 20.1 Å². The number of ether oxygens (including phenoxy) is 2. The molecule has 0 saturated carbocycles. The number of anilines is 2. The summed E-state index contributed by atoms with van der Waals surface area (Å²) in [6, 6.07) is 10.9. The predicted molar refractivity (Wildman–Crippen MR) is 139 cm³/mol. The molecule has 1 aliphatic heterocycles. The van der Waals surface area contributed by atoms with E-state index in [1.807, 2.05) is 0 Å². The van der Waals surface area contributed by atoms with Gasteiger partial charge in [-0.25, -0.2) is 4.98 Å². The molecule has 2 aromatic heterocycles. The van der Waals surface area contributed by atoms with Crippen LogP contribution in [0.25, 0.3) is 10.2 Å². The topological polar surface area (TPSA) is 129 Å². The summed E-state index contributed by atoms with van der Waals surface area (Å²) in [4.78, 5) is 56.5. The van der Waals surface area contributed by atoms with Crippen LogP contribution in [0.15, 0.2) is 53.6 Å². The van der Waals surface area contributed by atoms with Gasteiger partial charge in [-0.05, 0) is 49.7 Å². The number of aryl methyl sites for hydroxylation is 1. The van der Waals surface area contributed by atoms with E-state index in [2.05, 4.69) is 15.6 Å². The molecule has 1 aliphatic rings. The molecule has 0 spiro atoms. The average Bonchev–Trinajstić information content (AvgIpc) is 3.25. The van der Waals surface area contributed by atoms with Gasteiger partial charge in [-0.15, -0.1) is 11.3 Å². The molecular formula is C26H22N4O6S. The lowest BCUT2D eigenvalue weighted by Gasteiger charge is -2.19. The van der Waals surface area contributed by atoms with Crippen molar-refractivity contribution in [1.82, 2.24) is 9.55 Å². The summed E-state index contributed by atoms with van der Waals surface area (Å²) >= 11 is 1.10. The number of thiophene rings is 1. The molecule has 0 saturated heterocycles. The summed E-state index contributed by atoms with van der Waals surface area (Å²) in [7, 11) is 1.51. The fourth-order valence-corrected chi connectivity index (χ4v) is 5.20. The first-order chi connectivity index (χ1) is 17.8. The number of rotatable bonds is 6. The third kappa shape index (κ3) is 4.33. The Morgan fingerprint density at radius 2 is 2.00 bits per heavy atom. The molecule has 2 amide bonds. The van der Waals surface area contributed by atoms with E-state index in [1.54, 1.807) is 50.2 Å². The second-order valence-electron chi connectivity index (χ2n) is 8.44. The number of amides is 2. The van der Waals surface area contributed by atoms with Crippen LogP contribution < -0.4 is 25.7 Å². The van der Waals surface area contributed by atoms with E-state index in [1.165, 1.54) is 24.1 Å². The number of fused-ring (bicyclic) bond motifs is 2. The Kier molecular flexibility index (Phi) is 6.22. The summed E-state index contributed by atoms with van der Waals surface area (Å²) in [6.45, 7) is 3.20. The van der Waals surface area contributed by atoms with Gasteiger partial charge in [0.05, 0.1) is 41.1 Å². The van der Waals surface area contributed by atoms with Crippen molar-refractivity contribution in [2.24, 2.45) is 0 Å². The molecule has 11 heteroatoms. The zero-order chi connectivity index (χ0) is 26.3. The van der Waals surface area contributed by atoms with Crippen LogP contribution in [-0.4, -0.2) is 40.9 Å². The largest absolute Gasteiger partial charge is 0.495 e. The number of hydrogen-bond acceptors (Lipinski definition) is 8. The maximum Gasteiger partial charge on any atom is 0.266 e. The minimum Gasteiger partial charge on any atom is -0.495 e. The molecule has 2 N–H and O–H groups in total. The van der Waals surface area contributed by atoms with E-state index in [0.29, 0.717) is 43.7 Å². The van der Waals surface area contributed by atoms with Crippen LogP contribution in [0.4, 0.5) is 11.4 Å². The van der Waals surface area contributed by atoms with Crippen molar-refractivity contribution in [1.29, 1.82) is 0 Å². The number of nitrogens with zero attached hydrogens (tertiary/aromatic N) is 2. The lowest BCUT2D eigenvalue weighted by atomic mass is 10.0. The highest BCUT2D eigenvalue weighted by Gasteiger charge is 2.25. The number of carbonyl (C=O) groups excluding carboxylic acids is 3. The van der Waals surface area contributed by atoms with Crippen molar-refractivity contribution in [2.45, 2.75) is 19.9 Å². The van der Waals surface area contributed by atoms with Crippen molar-refractivity contribution in [3.8, 4) is 11.5 Å². The number of ketones is 1. The third-order valence-electron chi connectivity index (χ3n) is 6.13. The molecule has 3 heterocycles. The van der Waals surface area contributed by atoms with Crippen LogP contribution in [-0.2, 0) is 4.79 Å². The Labute approximate surface area is 214 Å². The second-order valence-corrected chi connectivity index (χ2v) is 9.43. The van der Waals surface area contributed by atoms with Gasteiger partial charge in [0, 0.05) is 5.56 Å². The number of Topliss-reactive ketones (excluding diaryl/α,β-unsaturated/α-hetero) is 1. The van der Waals surface area contributed by atoms with Gasteiger partial charge in [0.2, 0.25) is 0 Å². The molecule has 0 bridgehead atoms. The third-order valence-corrected chi connectivity index (χ3v) is 7.33. The summed E-state index contributed by atoms with van der Waals surface area (Å²) < 4.78 is 11.9. The first-order valence-electron chi connectivity index (χ1n) is 11.3. The number of carbonyl (C=O) groups is 3. The molecule has 5 rings (SSSR count). The maximum atomic E-state index is 13.4. The van der Waals surface area contributed by atoms with E-state index in [9.17, 15) is 19.2 Å². The number of methoxy groups -OCH3 is 1. The van der Waals surface area contributed by atoms with Gasteiger partial charge >= 0.3 is 0 Å². The molecule has 0 fully saturated rings. The standard InChI is InChI=1S/C26H22N4O6S/c1-13-21-25(37-23(13)24(33)29-16-6-4-5-7-18(16)35-3)27-12-30(26(21)34)14(2)22(32)15-8-9-19-17(10-15)28-20(31)11-36-19/h4-10,12,14H,11H2,1-3H3,(H,28,31)(H,29,33). The lowest BCUT2D eigenvalue weighted by Crippen LogP contribution is -2.29. The number of para-hydroxylation sites is 2. The molecule has 2 aromatic carbocycles. The summed E-state index contributed by atoms with van der Waals surface area (Å²) in [5, 5.41) is 5.77. The molecular weight excluding hydrogens is 496 g/mol. The Morgan fingerprint density at radius 3 is 2.78 bits per heavy atom. The lowest BCUT2D eigenvalue weighted by molar-refractivity contribution is -0.118. The Balaban J connectivity index is 1.46. The van der Waals surface area contributed by atoms with Crippen LogP contribution in [0.3, 0.4) is 0 Å². The Bertz CT molecular complexity index is 1640. The quantitative estimate of drug-likeness (QED) is 0.372. The molecule has 4 aromatic rings. The van der Waals surface area contributed by atoms with Gasteiger partial charge in [0.1, 0.15) is 16.3 Å². The zero-order valence-electron chi connectivity index (χ0n) is 20.2. The Hall–Kier alpha value is -4.51. The van der Waals surface area contributed by atoms with Gasteiger partial charge in [-0.3, -0.25) is 23.7 Å². The highest BCUT2D eigenvalue weighted by atomic mass is 32.1. The van der Waals surface area contributed by atoms with E-state index in [4.69, 9.17) is 9.47 Å². The van der Waals surface area contributed by atoms with Crippen molar-refractivity contribution in [3.05, 3.63) is 75.1 Å². The van der Waals surface area contributed by atoms with E-state index in [-0.39, 0.29) is 23.7 Å². The van der Waals surface area contributed by atoms with Gasteiger partial charge in [-0.1, -0.05) is 12.1 Å². The average molecular weight is 519 g/mol. The summed E-state index contributed by atoms with van der Waals surface area (Å²) in [6.07, 6.45) is 1.31. The van der Waals surface area contributed by atoms with Crippen molar-refractivity contribution in [2.75, 3.05) is 24.4 Å². The van der Waals surface area contributed by atoms with Crippen molar-refractivity contribution in [3.63, 3.8) is 0 Å². The van der Waals surface area contributed by atoms with Crippen LogP contribution in [0.1, 0.15) is 38.6 Å². The van der Waals surface area contributed by atoms with Crippen LogP contribution in [0, 0.1) is 6.92 Å². The SMILES string of the molecule is COc1ccccc1NC(=O)c1sc2ncn(C(C)C(=O)c3ccc4c(c3)NC(=O)CO4)c(=O)c2c1C. The van der Waals surface area contributed by atoms with Crippen molar-refractivity contribution < 1.29 is 23.9 Å². The number of benzene rings is 2.